The molecule has 0 saturated heterocycles. The Morgan fingerprint density at radius 2 is 2.54 bits per heavy atom. The zero-order valence-corrected chi connectivity index (χ0v) is 6.93. The molecule has 0 aliphatic carbocycles. The first-order valence-electron chi connectivity index (χ1n) is 3.71. The van der Waals surface area contributed by atoms with Gasteiger partial charge in [-0.1, -0.05) is 0 Å². The summed E-state index contributed by atoms with van der Waals surface area (Å²) >= 11 is 0. The van der Waals surface area contributed by atoms with Crippen LogP contribution in [-0.2, 0) is 4.74 Å². The maximum Gasteiger partial charge on any atom is 0.404 e. The van der Waals surface area contributed by atoms with E-state index in [2.05, 4.69) is 20.0 Å². The third-order valence-electron chi connectivity index (χ3n) is 1.23. The van der Waals surface area contributed by atoms with Crippen LogP contribution < -0.4 is 11.1 Å². The zero-order chi connectivity index (χ0) is 9.52. The Balaban J connectivity index is 2.17. The molecule has 0 aromatic carbocycles. The monoisotopic (exact) mass is 182 g/mol. The number of rotatable bonds is 4. The van der Waals surface area contributed by atoms with Gasteiger partial charge >= 0.3 is 6.09 Å². The van der Waals surface area contributed by atoms with Gasteiger partial charge in [0, 0.05) is 6.20 Å². The van der Waals surface area contributed by atoms with E-state index >= 15 is 0 Å². The second-order valence-electron chi connectivity index (χ2n) is 2.19. The van der Waals surface area contributed by atoms with Crippen LogP contribution in [0.1, 0.15) is 0 Å². The Hall–Kier alpha value is -1.85. The lowest BCUT2D eigenvalue weighted by molar-refractivity contribution is 0.161. The fourth-order valence-corrected chi connectivity index (χ4v) is 0.726. The summed E-state index contributed by atoms with van der Waals surface area (Å²) in [4.78, 5) is 17.8. The van der Waals surface area contributed by atoms with Gasteiger partial charge in [-0.3, -0.25) is 0 Å². The van der Waals surface area contributed by atoms with E-state index in [1.165, 1.54) is 6.33 Å². The molecule has 0 aliphatic rings. The Kier molecular flexibility index (Phi) is 3.49. The van der Waals surface area contributed by atoms with Gasteiger partial charge in [0.1, 0.15) is 18.8 Å². The maximum atomic E-state index is 10.2. The van der Waals surface area contributed by atoms with Gasteiger partial charge in [0.25, 0.3) is 0 Å². The predicted molar refractivity (Wildman–Crippen MR) is 46.1 cm³/mol. The minimum Gasteiger partial charge on any atom is -0.448 e. The normalized spacial score (nSPS) is 9.23. The average Bonchev–Trinajstić information content (AvgIpc) is 2.14. The van der Waals surface area contributed by atoms with E-state index in [1.807, 2.05) is 0 Å². The molecule has 1 rings (SSSR count). The van der Waals surface area contributed by atoms with Crippen LogP contribution in [0.5, 0.6) is 0 Å². The molecule has 6 nitrogen and oxygen atoms in total. The third kappa shape index (κ3) is 3.90. The van der Waals surface area contributed by atoms with E-state index in [-0.39, 0.29) is 6.61 Å². The van der Waals surface area contributed by atoms with Gasteiger partial charge < -0.3 is 15.8 Å². The number of ether oxygens (including phenoxy) is 1. The second kappa shape index (κ2) is 4.91. The molecule has 1 aromatic heterocycles. The third-order valence-corrected chi connectivity index (χ3v) is 1.23. The molecule has 0 spiro atoms. The fourth-order valence-electron chi connectivity index (χ4n) is 0.726. The zero-order valence-electron chi connectivity index (χ0n) is 6.93. The predicted octanol–water partition coefficient (Wildman–Crippen LogP) is -0.0162. The van der Waals surface area contributed by atoms with Crippen molar-refractivity contribution in [2.24, 2.45) is 5.73 Å². The van der Waals surface area contributed by atoms with Crippen molar-refractivity contribution in [1.29, 1.82) is 0 Å². The van der Waals surface area contributed by atoms with E-state index < -0.39 is 6.09 Å². The molecule has 1 aromatic rings. The first-order valence-corrected chi connectivity index (χ1v) is 3.71. The summed E-state index contributed by atoms with van der Waals surface area (Å²) in [7, 11) is 0. The number of primary amides is 1. The summed E-state index contributed by atoms with van der Waals surface area (Å²) < 4.78 is 4.50. The van der Waals surface area contributed by atoms with Crippen molar-refractivity contribution >= 4 is 11.9 Å². The number of hydrogen-bond acceptors (Lipinski definition) is 5. The number of nitrogens with zero attached hydrogens (tertiary/aromatic N) is 2. The van der Waals surface area contributed by atoms with E-state index in [9.17, 15) is 4.79 Å². The number of nitrogens with two attached hydrogens (primary N) is 1. The van der Waals surface area contributed by atoms with Gasteiger partial charge in [0.2, 0.25) is 0 Å². The van der Waals surface area contributed by atoms with Gasteiger partial charge in [0.05, 0.1) is 6.54 Å². The van der Waals surface area contributed by atoms with Crippen molar-refractivity contribution in [3.05, 3.63) is 18.6 Å². The minimum absolute atomic E-state index is 0.222. The Morgan fingerprint density at radius 1 is 1.69 bits per heavy atom. The molecule has 0 bridgehead atoms. The lowest BCUT2D eigenvalue weighted by Crippen LogP contribution is -2.18. The molecule has 1 heterocycles. The summed E-state index contributed by atoms with van der Waals surface area (Å²) in [6, 6.07) is 1.71. The molecule has 0 unspecified atom stereocenters. The molecule has 13 heavy (non-hydrogen) atoms. The molecule has 0 fully saturated rings. The van der Waals surface area contributed by atoms with Crippen LogP contribution in [0, 0.1) is 0 Å². The SMILES string of the molecule is NC(=O)OCCNc1ccncn1. The van der Waals surface area contributed by atoms with E-state index in [1.54, 1.807) is 12.3 Å². The summed E-state index contributed by atoms with van der Waals surface area (Å²) in [5.74, 6) is 0.683. The highest BCUT2D eigenvalue weighted by atomic mass is 16.5. The van der Waals surface area contributed by atoms with E-state index in [0.29, 0.717) is 12.4 Å². The molecule has 6 heteroatoms. The number of carbonyl (C=O) groups is 1. The largest absolute Gasteiger partial charge is 0.448 e. The van der Waals surface area contributed by atoms with Crippen molar-refractivity contribution < 1.29 is 9.53 Å². The fraction of sp³-hybridized carbons (Fsp3) is 0.286. The first kappa shape index (κ1) is 9.24. The molecular weight excluding hydrogens is 172 g/mol. The average molecular weight is 182 g/mol. The molecule has 0 aliphatic heterocycles. The number of hydrogen-bond donors (Lipinski definition) is 2. The Morgan fingerprint density at radius 3 is 3.15 bits per heavy atom. The van der Waals surface area contributed by atoms with Crippen molar-refractivity contribution in [3.63, 3.8) is 0 Å². The molecular formula is C7H10N4O2. The van der Waals surface area contributed by atoms with Crippen LogP contribution in [0.25, 0.3) is 0 Å². The number of aromatic nitrogens is 2. The maximum absolute atomic E-state index is 10.2. The Bertz CT molecular complexity index is 264. The van der Waals surface area contributed by atoms with Crippen molar-refractivity contribution in [2.45, 2.75) is 0 Å². The van der Waals surface area contributed by atoms with Gasteiger partial charge in [-0.05, 0) is 6.07 Å². The molecule has 70 valence electrons. The smallest absolute Gasteiger partial charge is 0.404 e. The molecule has 1 amide bonds. The van der Waals surface area contributed by atoms with Crippen molar-refractivity contribution in [1.82, 2.24) is 9.97 Å². The summed E-state index contributed by atoms with van der Waals surface area (Å²) in [6.07, 6.45) is 2.27. The van der Waals surface area contributed by atoms with Gasteiger partial charge in [0.15, 0.2) is 0 Å². The summed E-state index contributed by atoms with van der Waals surface area (Å²) in [6.45, 7) is 0.694. The number of amides is 1. The van der Waals surface area contributed by atoms with Gasteiger partial charge in [-0.2, -0.15) is 0 Å². The van der Waals surface area contributed by atoms with Crippen LogP contribution in [0.3, 0.4) is 0 Å². The molecule has 3 N–H and O–H groups in total. The highest BCUT2D eigenvalue weighted by molar-refractivity contribution is 5.64. The molecule has 0 atom stereocenters. The van der Waals surface area contributed by atoms with E-state index in [4.69, 9.17) is 5.73 Å². The number of nitrogens with one attached hydrogen (secondary N) is 1. The highest BCUT2D eigenvalue weighted by Gasteiger charge is 1.93. The lowest BCUT2D eigenvalue weighted by Gasteiger charge is -2.03. The lowest BCUT2D eigenvalue weighted by atomic mass is 10.5. The summed E-state index contributed by atoms with van der Waals surface area (Å²) in [5, 5.41) is 2.92. The number of carbonyl (C=O) groups excluding carboxylic acids is 1. The summed E-state index contributed by atoms with van der Waals surface area (Å²) in [5.41, 5.74) is 4.76. The number of anilines is 1. The van der Waals surface area contributed by atoms with Crippen LogP contribution in [0.4, 0.5) is 10.6 Å². The van der Waals surface area contributed by atoms with Crippen LogP contribution >= 0.6 is 0 Å². The molecule has 0 saturated carbocycles. The quantitative estimate of drug-likeness (QED) is 0.639. The second-order valence-corrected chi connectivity index (χ2v) is 2.19. The molecule has 0 radical (unpaired) electrons. The van der Waals surface area contributed by atoms with E-state index in [0.717, 1.165) is 0 Å². The van der Waals surface area contributed by atoms with Gasteiger partial charge in [-0.15, -0.1) is 0 Å². The van der Waals surface area contributed by atoms with Crippen molar-refractivity contribution in [3.8, 4) is 0 Å². The highest BCUT2D eigenvalue weighted by Crippen LogP contribution is 1.95. The standard InChI is InChI=1S/C7H10N4O2/c8-7(12)13-4-3-10-6-1-2-9-5-11-6/h1-2,5H,3-4H2,(H2,8,12)(H,9,10,11). The minimum atomic E-state index is -0.774. The van der Waals surface area contributed by atoms with Gasteiger partial charge in [-0.25, -0.2) is 14.8 Å². The first-order chi connectivity index (χ1) is 6.29. The van der Waals surface area contributed by atoms with Crippen LogP contribution in [0.15, 0.2) is 18.6 Å². The van der Waals surface area contributed by atoms with Crippen LogP contribution in [0.2, 0.25) is 0 Å². The van der Waals surface area contributed by atoms with Crippen LogP contribution in [-0.4, -0.2) is 29.2 Å². The van der Waals surface area contributed by atoms with Crippen molar-refractivity contribution in [2.75, 3.05) is 18.5 Å². The topological polar surface area (TPSA) is 90.1 Å². The Labute approximate surface area is 75.1 Å².